The van der Waals surface area contributed by atoms with Crippen LogP contribution in [0.5, 0.6) is 0 Å². The lowest BCUT2D eigenvalue weighted by Crippen LogP contribution is -2.34. The molecule has 2 N–H and O–H groups in total. The van der Waals surface area contributed by atoms with Crippen LogP contribution in [0.3, 0.4) is 0 Å². The largest absolute Gasteiger partial charge is 0.539 e. The molecule has 0 aromatic rings. The van der Waals surface area contributed by atoms with Gasteiger partial charge in [0, 0.05) is 6.08 Å². The van der Waals surface area contributed by atoms with Gasteiger partial charge >= 0.3 is 0 Å². The molecule has 6 heteroatoms. The third-order valence-electron chi connectivity index (χ3n) is 1.78. The van der Waals surface area contributed by atoms with Gasteiger partial charge in [0.05, 0.1) is 6.42 Å². The molecule has 2 rings (SSSR count). The molecule has 0 aromatic heterocycles. The molecule has 0 radical (unpaired) electrons. The van der Waals surface area contributed by atoms with E-state index in [1.165, 1.54) is 10.8 Å². The number of allylic oxidation sites excluding steroid dienone is 1. The van der Waals surface area contributed by atoms with E-state index in [0.29, 0.717) is 12.1 Å². The number of aliphatic carboxylic acids is 1. The summed E-state index contributed by atoms with van der Waals surface area (Å²) in [4.78, 5) is 15.0. The summed E-state index contributed by atoms with van der Waals surface area (Å²) in [7, 11) is 0. The molecule has 0 aliphatic carbocycles. The van der Waals surface area contributed by atoms with E-state index >= 15 is 0 Å². The molecule has 0 fully saturated rings. The predicted molar refractivity (Wildman–Crippen MR) is 33.2 cm³/mol. The van der Waals surface area contributed by atoms with E-state index in [0.717, 1.165) is 0 Å². The number of carbonyl (C=O) groups is 1. The molecular weight excluding hydrogens is 164 g/mol. The van der Waals surface area contributed by atoms with Crippen molar-refractivity contribution in [1.29, 1.82) is 0 Å². The number of carboxylic acid groups (broad SMARTS) is 1. The van der Waals surface area contributed by atoms with Crippen molar-refractivity contribution in [3.8, 4) is 0 Å². The van der Waals surface area contributed by atoms with Gasteiger partial charge in [-0.15, -0.1) is 0 Å². The average Bonchev–Trinajstić information content (AvgIpc) is 2.53. The SMILES string of the molecule is O=C([O-])C1=CCC2=[N+]1NOC2O. The first-order chi connectivity index (χ1) is 5.70. The van der Waals surface area contributed by atoms with Gasteiger partial charge in [-0.25, -0.2) is 0 Å². The van der Waals surface area contributed by atoms with E-state index in [4.69, 9.17) is 5.11 Å². The molecule has 1 unspecified atom stereocenters. The Kier molecular flexibility index (Phi) is 1.39. The molecule has 0 saturated heterocycles. The molecule has 2 aliphatic heterocycles. The van der Waals surface area contributed by atoms with Gasteiger partial charge in [0.25, 0.3) is 17.7 Å². The molecule has 6 nitrogen and oxygen atoms in total. The van der Waals surface area contributed by atoms with Gasteiger partial charge in [-0.05, 0) is 0 Å². The van der Waals surface area contributed by atoms with Crippen LogP contribution in [0, 0.1) is 0 Å². The maximum Gasteiger partial charge on any atom is 0.271 e. The molecule has 1 atom stereocenters. The van der Waals surface area contributed by atoms with E-state index in [2.05, 4.69) is 10.4 Å². The molecule has 0 aromatic carbocycles. The number of hydrogen-bond donors (Lipinski definition) is 2. The van der Waals surface area contributed by atoms with Gasteiger partial charge in [-0.1, -0.05) is 10.3 Å². The number of aliphatic hydroxyl groups excluding tert-OH is 1. The molecule has 64 valence electrons. The second-order valence-electron chi connectivity index (χ2n) is 2.47. The normalized spacial score (nSPS) is 26.8. The van der Waals surface area contributed by atoms with Crippen molar-refractivity contribution in [2.24, 2.45) is 0 Å². The van der Waals surface area contributed by atoms with Gasteiger partial charge < -0.3 is 15.0 Å². The number of nitrogens with one attached hydrogen (secondary N) is 1. The summed E-state index contributed by atoms with van der Waals surface area (Å²) < 4.78 is 1.17. The molecule has 2 heterocycles. The van der Waals surface area contributed by atoms with Crippen LogP contribution in [0.4, 0.5) is 0 Å². The molecule has 0 bridgehead atoms. The quantitative estimate of drug-likeness (QED) is 0.416. The minimum Gasteiger partial charge on any atom is -0.539 e. The van der Waals surface area contributed by atoms with Gasteiger partial charge in [0.15, 0.2) is 0 Å². The maximum atomic E-state index is 10.4. The van der Waals surface area contributed by atoms with Gasteiger partial charge in [-0.2, -0.15) is 4.84 Å². The predicted octanol–water partition coefficient (Wildman–Crippen LogP) is -2.75. The Balaban J connectivity index is 2.33. The van der Waals surface area contributed by atoms with Crippen LogP contribution in [0.15, 0.2) is 11.8 Å². The first-order valence-corrected chi connectivity index (χ1v) is 3.37. The fourth-order valence-corrected chi connectivity index (χ4v) is 1.20. The zero-order valence-electron chi connectivity index (χ0n) is 5.98. The van der Waals surface area contributed by atoms with Crippen LogP contribution in [-0.4, -0.2) is 27.8 Å². The zero-order valence-corrected chi connectivity index (χ0v) is 5.98. The smallest absolute Gasteiger partial charge is 0.271 e. The monoisotopic (exact) mass is 170 g/mol. The Bertz CT molecular complexity index is 307. The summed E-state index contributed by atoms with van der Waals surface area (Å²) in [5, 5.41) is 19.5. The minimum atomic E-state index is -1.30. The molecule has 0 spiro atoms. The van der Waals surface area contributed by atoms with Crippen LogP contribution in [0.2, 0.25) is 0 Å². The lowest BCUT2D eigenvalue weighted by Gasteiger charge is -1.98. The summed E-state index contributed by atoms with van der Waals surface area (Å²) in [6.45, 7) is 0. The van der Waals surface area contributed by atoms with E-state index < -0.39 is 12.3 Å². The van der Waals surface area contributed by atoms with Crippen LogP contribution >= 0.6 is 0 Å². The van der Waals surface area contributed by atoms with E-state index in [1.807, 2.05) is 0 Å². The van der Waals surface area contributed by atoms with Gasteiger partial charge in [0.2, 0.25) is 0 Å². The van der Waals surface area contributed by atoms with Crippen molar-refractivity contribution < 1.29 is 24.5 Å². The average molecular weight is 170 g/mol. The third-order valence-corrected chi connectivity index (χ3v) is 1.78. The summed E-state index contributed by atoms with van der Waals surface area (Å²) in [6, 6.07) is 0. The highest BCUT2D eigenvalue weighted by atomic mass is 16.8. The lowest BCUT2D eigenvalue weighted by molar-refractivity contribution is -0.582. The Labute approximate surface area is 67.3 Å². The van der Waals surface area contributed by atoms with Gasteiger partial charge in [0.1, 0.15) is 5.97 Å². The highest BCUT2D eigenvalue weighted by Crippen LogP contribution is 2.14. The van der Waals surface area contributed by atoms with E-state index in [9.17, 15) is 9.90 Å². The van der Waals surface area contributed by atoms with Crippen molar-refractivity contribution in [3.63, 3.8) is 0 Å². The van der Waals surface area contributed by atoms with Crippen LogP contribution in [0.25, 0.3) is 0 Å². The number of carbonyl (C=O) groups excluding carboxylic acids is 1. The molecular formula is C6H6N2O4. The molecule has 2 aliphatic rings. The highest BCUT2D eigenvalue weighted by Gasteiger charge is 2.39. The fourth-order valence-electron chi connectivity index (χ4n) is 1.20. The second-order valence-corrected chi connectivity index (χ2v) is 2.47. The van der Waals surface area contributed by atoms with E-state index in [-0.39, 0.29) is 5.70 Å². The highest BCUT2D eigenvalue weighted by molar-refractivity contribution is 5.92. The number of aliphatic hydroxyl groups is 1. The van der Waals surface area contributed by atoms with Crippen LogP contribution in [0.1, 0.15) is 6.42 Å². The zero-order chi connectivity index (χ0) is 8.72. The van der Waals surface area contributed by atoms with Gasteiger partial charge in [-0.3, -0.25) is 0 Å². The molecule has 0 saturated carbocycles. The topological polar surface area (TPSA) is 84.6 Å². The standard InChI is InChI=1S/C6H6N2O4/c9-5(10)3-1-2-4-6(11)12-7-8(3)4/h1,6-7,11H,2H2. The maximum absolute atomic E-state index is 10.4. The summed E-state index contributed by atoms with van der Waals surface area (Å²) >= 11 is 0. The van der Waals surface area contributed by atoms with Crippen molar-refractivity contribution in [3.05, 3.63) is 11.8 Å². The van der Waals surface area contributed by atoms with Crippen molar-refractivity contribution in [2.75, 3.05) is 0 Å². The summed E-state index contributed by atoms with van der Waals surface area (Å²) in [6.07, 6.45) is 0.735. The van der Waals surface area contributed by atoms with Crippen LogP contribution < -0.4 is 10.7 Å². The number of rotatable bonds is 1. The van der Waals surface area contributed by atoms with Crippen LogP contribution in [-0.2, 0) is 9.63 Å². The number of hydrogen-bond acceptors (Lipinski definition) is 5. The first-order valence-electron chi connectivity index (χ1n) is 3.37. The Morgan fingerprint density at radius 2 is 2.67 bits per heavy atom. The van der Waals surface area contributed by atoms with Crippen molar-refractivity contribution in [1.82, 2.24) is 5.59 Å². The summed E-state index contributed by atoms with van der Waals surface area (Å²) in [5.74, 6) is -1.30. The molecule has 12 heavy (non-hydrogen) atoms. The number of nitrogens with zero attached hydrogens (tertiary/aromatic N) is 1. The summed E-state index contributed by atoms with van der Waals surface area (Å²) in [5.41, 5.74) is 2.70. The fraction of sp³-hybridized carbons (Fsp3) is 0.333. The lowest BCUT2D eigenvalue weighted by atomic mass is 10.3. The number of carboxylic acids is 1. The Morgan fingerprint density at radius 3 is 3.33 bits per heavy atom. The van der Waals surface area contributed by atoms with Crippen molar-refractivity contribution >= 4 is 11.7 Å². The minimum absolute atomic E-state index is 0.0263. The number of hydrazine groups is 1. The third kappa shape index (κ3) is 0.821. The second kappa shape index (κ2) is 2.29. The molecule has 0 amide bonds. The first kappa shape index (κ1) is 7.26. The van der Waals surface area contributed by atoms with Crippen molar-refractivity contribution in [2.45, 2.75) is 12.7 Å². The Morgan fingerprint density at radius 1 is 1.92 bits per heavy atom. The van der Waals surface area contributed by atoms with E-state index in [1.54, 1.807) is 0 Å². The Hall–Kier alpha value is -1.40. The number of hydrazone groups is 1.